The highest BCUT2D eigenvalue weighted by atomic mass is 35.5. The van der Waals surface area contributed by atoms with E-state index in [1.165, 1.54) is 16.1 Å². The molecule has 0 bridgehead atoms. The van der Waals surface area contributed by atoms with E-state index in [4.69, 9.17) is 16.0 Å². The number of carbonyl (C=O) groups is 1. The van der Waals surface area contributed by atoms with Gasteiger partial charge in [-0.15, -0.1) is 16.9 Å². The standard InChI is InChI=1S/C21H21ClN4O4S2/c1-31-17-8-4-5-9-18(17)32(28,29)26-12-10-14(11-13-26)19(27)23-21-25-24-20(30-21)15-6-2-3-7-16(15)22/h2-9,14H,10-13H2,1H3,(H,23,25,27). The molecule has 8 nitrogen and oxygen atoms in total. The molecule has 1 aliphatic rings. The Bertz CT molecular complexity index is 1220. The van der Waals surface area contributed by atoms with Crippen LogP contribution in [-0.4, -0.2) is 48.2 Å². The number of rotatable bonds is 6. The Labute approximate surface area is 195 Å². The molecular formula is C21H21ClN4O4S2. The number of benzene rings is 2. The fraction of sp³-hybridized carbons (Fsp3) is 0.286. The predicted molar refractivity (Wildman–Crippen MR) is 123 cm³/mol. The Kier molecular flexibility index (Phi) is 6.85. The van der Waals surface area contributed by atoms with E-state index in [2.05, 4.69) is 15.5 Å². The molecule has 4 rings (SSSR count). The van der Waals surface area contributed by atoms with Gasteiger partial charge in [0, 0.05) is 23.9 Å². The molecule has 3 aromatic rings. The smallest absolute Gasteiger partial charge is 0.322 e. The van der Waals surface area contributed by atoms with Crippen LogP contribution in [0, 0.1) is 5.92 Å². The molecule has 1 amide bonds. The summed E-state index contributed by atoms with van der Waals surface area (Å²) in [6, 6.07) is 14.0. The average Bonchev–Trinajstić information content (AvgIpc) is 3.27. The molecule has 1 saturated heterocycles. The van der Waals surface area contributed by atoms with Gasteiger partial charge < -0.3 is 4.42 Å². The van der Waals surface area contributed by atoms with Crippen LogP contribution >= 0.6 is 23.4 Å². The molecule has 0 spiro atoms. The van der Waals surface area contributed by atoms with Crippen molar-refractivity contribution in [1.82, 2.24) is 14.5 Å². The number of carbonyl (C=O) groups excluding carboxylic acids is 1. The molecule has 11 heteroatoms. The van der Waals surface area contributed by atoms with Gasteiger partial charge in [0.2, 0.25) is 15.9 Å². The first-order valence-corrected chi connectivity index (χ1v) is 13.0. The van der Waals surface area contributed by atoms with E-state index in [-0.39, 0.29) is 36.8 Å². The lowest BCUT2D eigenvalue weighted by Gasteiger charge is -2.30. The molecule has 32 heavy (non-hydrogen) atoms. The van der Waals surface area contributed by atoms with Crippen molar-refractivity contribution in [2.75, 3.05) is 24.7 Å². The zero-order valence-electron chi connectivity index (χ0n) is 17.2. The molecule has 1 aliphatic heterocycles. The van der Waals surface area contributed by atoms with Crippen LogP contribution < -0.4 is 5.32 Å². The van der Waals surface area contributed by atoms with Gasteiger partial charge in [0.15, 0.2) is 0 Å². The fourth-order valence-corrected chi connectivity index (χ4v) is 6.36. The van der Waals surface area contributed by atoms with Crippen LogP contribution in [0.1, 0.15) is 12.8 Å². The number of amides is 1. The molecule has 0 aliphatic carbocycles. The number of thioether (sulfide) groups is 1. The van der Waals surface area contributed by atoms with Crippen molar-refractivity contribution in [3.05, 3.63) is 53.6 Å². The van der Waals surface area contributed by atoms with E-state index in [1.54, 1.807) is 42.5 Å². The minimum atomic E-state index is -3.62. The molecule has 0 radical (unpaired) electrons. The van der Waals surface area contributed by atoms with E-state index in [0.717, 1.165) is 0 Å². The van der Waals surface area contributed by atoms with Gasteiger partial charge in [-0.2, -0.15) is 4.31 Å². The highest BCUT2D eigenvalue weighted by Gasteiger charge is 2.33. The summed E-state index contributed by atoms with van der Waals surface area (Å²) in [5, 5.41) is 10.9. The third kappa shape index (κ3) is 4.68. The molecule has 0 saturated carbocycles. The Hall–Kier alpha value is -2.40. The van der Waals surface area contributed by atoms with Crippen molar-refractivity contribution in [1.29, 1.82) is 0 Å². The van der Waals surface area contributed by atoms with E-state index in [9.17, 15) is 13.2 Å². The number of hydrogen-bond acceptors (Lipinski definition) is 7. The van der Waals surface area contributed by atoms with E-state index >= 15 is 0 Å². The van der Waals surface area contributed by atoms with Gasteiger partial charge in [0.1, 0.15) is 0 Å². The van der Waals surface area contributed by atoms with Crippen molar-refractivity contribution in [3.63, 3.8) is 0 Å². The monoisotopic (exact) mass is 492 g/mol. The van der Waals surface area contributed by atoms with Gasteiger partial charge in [-0.1, -0.05) is 41.0 Å². The lowest BCUT2D eigenvalue weighted by atomic mass is 9.97. The first-order valence-electron chi connectivity index (χ1n) is 9.92. The van der Waals surface area contributed by atoms with E-state index in [1.807, 2.05) is 12.3 Å². The topological polar surface area (TPSA) is 105 Å². The first kappa shape index (κ1) is 22.8. The number of halogens is 1. The lowest BCUT2D eigenvalue weighted by Crippen LogP contribution is -2.41. The Morgan fingerprint density at radius 2 is 1.81 bits per heavy atom. The van der Waals surface area contributed by atoms with Crippen LogP contribution in [0.4, 0.5) is 6.01 Å². The third-order valence-corrected chi connectivity index (χ3v) is 8.48. The van der Waals surface area contributed by atoms with Gasteiger partial charge in [0.25, 0.3) is 5.89 Å². The maximum atomic E-state index is 13.1. The third-order valence-electron chi connectivity index (χ3n) is 5.27. The van der Waals surface area contributed by atoms with Crippen LogP contribution in [0.5, 0.6) is 0 Å². The van der Waals surface area contributed by atoms with E-state index < -0.39 is 10.0 Å². The number of hydrogen-bond donors (Lipinski definition) is 1. The van der Waals surface area contributed by atoms with E-state index in [0.29, 0.717) is 33.2 Å². The normalized spacial score (nSPS) is 15.6. The highest BCUT2D eigenvalue weighted by Crippen LogP contribution is 2.31. The molecule has 2 aromatic carbocycles. The second-order valence-corrected chi connectivity index (χ2v) is 10.4. The molecule has 168 valence electrons. The van der Waals surface area contributed by atoms with Crippen molar-refractivity contribution in [2.45, 2.75) is 22.6 Å². The zero-order valence-corrected chi connectivity index (χ0v) is 19.6. The Morgan fingerprint density at radius 1 is 1.12 bits per heavy atom. The van der Waals surface area contributed by atoms with Crippen molar-refractivity contribution in [2.24, 2.45) is 5.92 Å². The van der Waals surface area contributed by atoms with Crippen LogP contribution in [0.25, 0.3) is 11.5 Å². The number of nitrogens with one attached hydrogen (secondary N) is 1. The maximum Gasteiger partial charge on any atom is 0.322 e. The summed E-state index contributed by atoms with van der Waals surface area (Å²) in [6.07, 6.45) is 2.65. The number of nitrogens with zero attached hydrogens (tertiary/aromatic N) is 3. The van der Waals surface area contributed by atoms with Crippen molar-refractivity contribution >= 4 is 45.3 Å². The van der Waals surface area contributed by atoms with Crippen LogP contribution in [0.15, 0.2) is 62.7 Å². The van der Waals surface area contributed by atoms with Gasteiger partial charge >= 0.3 is 6.01 Å². The lowest BCUT2D eigenvalue weighted by molar-refractivity contribution is -0.121. The van der Waals surface area contributed by atoms with Crippen LogP contribution in [-0.2, 0) is 14.8 Å². The summed E-state index contributed by atoms with van der Waals surface area (Å²) < 4.78 is 33.1. The summed E-state index contributed by atoms with van der Waals surface area (Å²) in [5.74, 6) is -0.423. The maximum absolute atomic E-state index is 13.1. The van der Waals surface area contributed by atoms with Crippen LogP contribution in [0.2, 0.25) is 5.02 Å². The summed E-state index contributed by atoms with van der Waals surface area (Å²) >= 11 is 7.53. The average molecular weight is 493 g/mol. The molecule has 2 heterocycles. The Morgan fingerprint density at radius 3 is 2.53 bits per heavy atom. The molecule has 1 aromatic heterocycles. The van der Waals surface area contributed by atoms with Crippen molar-refractivity contribution < 1.29 is 17.6 Å². The predicted octanol–water partition coefficient (Wildman–Crippen LogP) is 4.15. The van der Waals surface area contributed by atoms with Gasteiger partial charge in [-0.3, -0.25) is 10.1 Å². The first-order chi connectivity index (χ1) is 15.4. The molecular weight excluding hydrogens is 472 g/mol. The largest absolute Gasteiger partial charge is 0.403 e. The molecule has 0 atom stereocenters. The quantitative estimate of drug-likeness (QED) is 0.515. The minimum absolute atomic E-state index is 0.0196. The number of piperidine rings is 1. The summed E-state index contributed by atoms with van der Waals surface area (Å²) in [5.41, 5.74) is 0.575. The van der Waals surface area contributed by atoms with Gasteiger partial charge in [0.05, 0.1) is 15.5 Å². The van der Waals surface area contributed by atoms with Gasteiger partial charge in [-0.25, -0.2) is 8.42 Å². The molecule has 1 N–H and O–H groups in total. The summed E-state index contributed by atoms with van der Waals surface area (Å²) in [6.45, 7) is 0.523. The zero-order chi connectivity index (χ0) is 22.7. The summed E-state index contributed by atoms with van der Waals surface area (Å²) in [7, 11) is -3.62. The molecule has 1 fully saturated rings. The number of aromatic nitrogens is 2. The summed E-state index contributed by atoms with van der Waals surface area (Å²) in [4.78, 5) is 13.7. The number of anilines is 1. The Balaban J connectivity index is 1.39. The second-order valence-electron chi connectivity index (χ2n) is 7.21. The van der Waals surface area contributed by atoms with Crippen LogP contribution in [0.3, 0.4) is 0 Å². The second kappa shape index (κ2) is 9.62. The van der Waals surface area contributed by atoms with Crippen molar-refractivity contribution in [3.8, 4) is 11.5 Å². The molecule has 0 unspecified atom stereocenters. The number of sulfonamides is 1. The SMILES string of the molecule is CSc1ccccc1S(=O)(=O)N1CCC(C(=O)Nc2nnc(-c3ccccc3Cl)o2)CC1. The fourth-order valence-electron chi connectivity index (χ4n) is 3.55. The highest BCUT2D eigenvalue weighted by molar-refractivity contribution is 7.99. The minimum Gasteiger partial charge on any atom is -0.403 e. The van der Waals surface area contributed by atoms with Gasteiger partial charge in [-0.05, 0) is 43.4 Å².